The van der Waals surface area contributed by atoms with Crippen molar-refractivity contribution in [1.82, 2.24) is 29.6 Å². The first-order chi connectivity index (χ1) is 15.7. The molecule has 1 saturated carbocycles. The second-order valence-corrected chi connectivity index (χ2v) is 9.22. The van der Waals surface area contributed by atoms with Crippen molar-refractivity contribution in [2.45, 2.75) is 31.3 Å². The third-order valence-corrected chi connectivity index (χ3v) is 7.10. The highest BCUT2D eigenvalue weighted by Gasteiger charge is 2.30. The van der Waals surface area contributed by atoms with Crippen molar-refractivity contribution in [1.29, 1.82) is 0 Å². The van der Waals surface area contributed by atoms with Gasteiger partial charge in [-0.1, -0.05) is 6.07 Å². The lowest BCUT2D eigenvalue weighted by molar-refractivity contribution is 0.0178. The van der Waals surface area contributed by atoms with Crippen LogP contribution in [0.1, 0.15) is 19.3 Å². The Kier molecular flexibility index (Phi) is 5.24. The molecule has 1 aromatic carbocycles. The SMILES string of the molecule is Brc1nn(-c2ccc3ncccc3c2)c2nc(N[C@@H]3CCC(N4CCOCC4)C3)ncc12. The fraction of sp³-hybridized carbons (Fsp3) is 0.391. The van der Waals surface area contributed by atoms with E-state index in [9.17, 15) is 0 Å². The van der Waals surface area contributed by atoms with Gasteiger partial charge in [0.25, 0.3) is 0 Å². The first kappa shape index (κ1) is 20.0. The van der Waals surface area contributed by atoms with Crippen molar-refractivity contribution < 1.29 is 4.74 Å². The van der Waals surface area contributed by atoms with Gasteiger partial charge in [-0.25, -0.2) is 9.67 Å². The molecule has 0 bridgehead atoms. The largest absolute Gasteiger partial charge is 0.379 e. The minimum Gasteiger partial charge on any atom is -0.379 e. The standard InChI is InChI=1S/C23H24BrN7O/c24-21-19-14-26-23(27-16-3-4-17(13-16)30-8-10-32-11-9-30)28-22(19)31(29-21)18-5-6-20-15(12-18)2-1-7-25-20/h1-2,5-7,12,14,16-17H,3-4,8-11,13H2,(H,26,27,28)/t16-,17?/m1/s1. The highest BCUT2D eigenvalue weighted by Crippen LogP contribution is 2.29. The molecule has 6 rings (SSSR count). The van der Waals surface area contributed by atoms with Crippen LogP contribution in [0, 0.1) is 0 Å². The molecule has 1 unspecified atom stereocenters. The lowest BCUT2D eigenvalue weighted by Crippen LogP contribution is -2.42. The zero-order chi connectivity index (χ0) is 21.5. The monoisotopic (exact) mass is 493 g/mol. The number of fused-ring (bicyclic) bond motifs is 2. The number of nitrogens with one attached hydrogen (secondary N) is 1. The molecule has 1 aliphatic heterocycles. The van der Waals surface area contributed by atoms with E-state index >= 15 is 0 Å². The summed E-state index contributed by atoms with van der Waals surface area (Å²) in [7, 11) is 0. The lowest BCUT2D eigenvalue weighted by atomic mass is 10.2. The van der Waals surface area contributed by atoms with Crippen LogP contribution < -0.4 is 5.32 Å². The fourth-order valence-corrected chi connectivity index (χ4v) is 5.30. The van der Waals surface area contributed by atoms with Crippen molar-refractivity contribution in [2.75, 3.05) is 31.6 Å². The third kappa shape index (κ3) is 3.74. The zero-order valence-corrected chi connectivity index (χ0v) is 19.2. The van der Waals surface area contributed by atoms with E-state index < -0.39 is 0 Å². The quantitative estimate of drug-likeness (QED) is 0.463. The number of aromatic nitrogens is 5. The number of benzene rings is 1. The van der Waals surface area contributed by atoms with E-state index in [0.29, 0.717) is 18.0 Å². The minimum absolute atomic E-state index is 0.381. The molecular formula is C23H24BrN7O. The molecule has 164 valence electrons. The van der Waals surface area contributed by atoms with Crippen LogP contribution in [-0.4, -0.2) is 68.0 Å². The maximum Gasteiger partial charge on any atom is 0.224 e. The van der Waals surface area contributed by atoms with Gasteiger partial charge in [0.2, 0.25) is 5.95 Å². The minimum atomic E-state index is 0.381. The van der Waals surface area contributed by atoms with Crippen LogP contribution in [0.5, 0.6) is 0 Å². The Morgan fingerprint density at radius 3 is 2.91 bits per heavy atom. The lowest BCUT2D eigenvalue weighted by Gasteiger charge is -2.32. The van der Waals surface area contributed by atoms with Crippen molar-refractivity contribution in [2.24, 2.45) is 0 Å². The van der Waals surface area contributed by atoms with E-state index in [-0.39, 0.29) is 0 Å². The first-order valence-electron chi connectivity index (χ1n) is 11.1. The smallest absolute Gasteiger partial charge is 0.224 e. The Hall–Kier alpha value is -2.62. The van der Waals surface area contributed by atoms with Gasteiger partial charge in [0, 0.05) is 43.0 Å². The van der Waals surface area contributed by atoms with Gasteiger partial charge >= 0.3 is 0 Å². The molecule has 1 N–H and O–H groups in total. The molecule has 4 aromatic rings. The van der Waals surface area contributed by atoms with Gasteiger partial charge in [0.1, 0.15) is 4.60 Å². The van der Waals surface area contributed by atoms with Crippen LogP contribution in [0.15, 0.2) is 47.3 Å². The second kappa shape index (κ2) is 8.38. The topological polar surface area (TPSA) is 81.0 Å². The number of anilines is 1. The maximum atomic E-state index is 5.50. The summed E-state index contributed by atoms with van der Waals surface area (Å²) in [6.07, 6.45) is 7.09. The van der Waals surface area contributed by atoms with Crippen LogP contribution in [-0.2, 0) is 4.74 Å². The number of rotatable bonds is 4. The summed E-state index contributed by atoms with van der Waals surface area (Å²) in [6.45, 7) is 3.76. The van der Waals surface area contributed by atoms with Crippen molar-refractivity contribution in [3.05, 3.63) is 47.3 Å². The molecule has 2 atom stereocenters. The van der Waals surface area contributed by atoms with Crippen molar-refractivity contribution in [3.8, 4) is 5.69 Å². The molecule has 1 saturated heterocycles. The Morgan fingerprint density at radius 2 is 2.00 bits per heavy atom. The summed E-state index contributed by atoms with van der Waals surface area (Å²) in [4.78, 5) is 16.4. The molecule has 8 nitrogen and oxygen atoms in total. The van der Waals surface area contributed by atoms with E-state index in [1.54, 1.807) is 6.20 Å². The van der Waals surface area contributed by atoms with Gasteiger partial charge < -0.3 is 10.1 Å². The Morgan fingerprint density at radius 1 is 1.09 bits per heavy atom. The van der Waals surface area contributed by atoms with Crippen LogP contribution in [0.4, 0.5) is 5.95 Å². The molecule has 0 radical (unpaired) electrons. The number of halogens is 1. The number of ether oxygens (including phenoxy) is 1. The van der Waals surface area contributed by atoms with E-state index in [2.05, 4.69) is 53.3 Å². The summed E-state index contributed by atoms with van der Waals surface area (Å²) in [6, 6.07) is 11.1. The normalized spacial score (nSPS) is 22.0. The molecule has 3 aromatic heterocycles. The van der Waals surface area contributed by atoms with Gasteiger partial charge in [0.15, 0.2) is 5.65 Å². The molecule has 32 heavy (non-hydrogen) atoms. The van der Waals surface area contributed by atoms with Crippen LogP contribution in [0.2, 0.25) is 0 Å². The first-order valence-corrected chi connectivity index (χ1v) is 11.9. The summed E-state index contributed by atoms with van der Waals surface area (Å²) >= 11 is 3.57. The van der Waals surface area contributed by atoms with Crippen LogP contribution in [0.25, 0.3) is 27.6 Å². The summed E-state index contributed by atoms with van der Waals surface area (Å²) in [5.41, 5.74) is 2.68. The average molecular weight is 494 g/mol. The van der Waals surface area contributed by atoms with Crippen molar-refractivity contribution >= 4 is 43.8 Å². The Bertz CT molecular complexity index is 1270. The summed E-state index contributed by atoms with van der Waals surface area (Å²) in [5.74, 6) is 0.654. The average Bonchev–Trinajstić information content (AvgIpc) is 3.44. The molecule has 0 spiro atoms. The highest BCUT2D eigenvalue weighted by atomic mass is 79.9. The number of nitrogens with zero attached hydrogens (tertiary/aromatic N) is 6. The summed E-state index contributed by atoms with van der Waals surface area (Å²) < 4.78 is 8.10. The number of hydrogen-bond acceptors (Lipinski definition) is 7. The Balaban J connectivity index is 1.27. The molecule has 4 heterocycles. The molecule has 0 amide bonds. The fourth-order valence-electron chi connectivity index (χ4n) is 4.86. The number of morpholine rings is 1. The predicted octanol–water partition coefficient (Wildman–Crippen LogP) is 3.79. The number of pyridine rings is 1. The van der Waals surface area contributed by atoms with Gasteiger partial charge in [0.05, 0.1) is 29.8 Å². The van der Waals surface area contributed by atoms with E-state index in [0.717, 1.165) is 71.4 Å². The van der Waals surface area contributed by atoms with Gasteiger partial charge in [-0.05, 0) is 59.5 Å². The van der Waals surface area contributed by atoms with Crippen LogP contribution >= 0.6 is 15.9 Å². The summed E-state index contributed by atoms with van der Waals surface area (Å²) in [5, 5.41) is 10.2. The third-order valence-electron chi connectivity index (χ3n) is 6.51. The molecular weight excluding hydrogens is 470 g/mol. The van der Waals surface area contributed by atoms with Gasteiger partial charge in [-0.15, -0.1) is 0 Å². The van der Waals surface area contributed by atoms with Crippen molar-refractivity contribution in [3.63, 3.8) is 0 Å². The van der Waals surface area contributed by atoms with Crippen LogP contribution in [0.3, 0.4) is 0 Å². The highest BCUT2D eigenvalue weighted by molar-refractivity contribution is 9.10. The maximum absolute atomic E-state index is 5.50. The second-order valence-electron chi connectivity index (χ2n) is 8.47. The molecule has 2 aliphatic rings. The molecule has 2 fully saturated rings. The van der Waals surface area contributed by atoms with Gasteiger partial charge in [-0.2, -0.15) is 10.1 Å². The van der Waals surface area contributed by atoms with Gasteiger partial charge in [-0.3, -0.25) is 9.88 Å². The zero-order valence-electron chi connectivity index (χ0n) is 17.6. The molecule has 1 aliphatic carbocycles. The van der Waals surface area contributed by atoms with E-state index in [1.165, 1.54) is 6.42 Å². The Labute approximate surface area is 194 Å². The van der Waals surface area contributed by atoms with E-state index in [1.807, 2.05) is 29.1 Å². The number of hydrogen-bond donors (Lipinski definition) is 1. The molecule has 9 heteroatoms. The predicted molar refractivity (Wildman–Crippen MR) is 127 cm³/mol. The van der Waals surface area contributed by atoms with E-state index in [4.69, 9.17) is 9.72 Å².